The molecule has 0 spiro atoms. The molecule has 1 rings (SSSR count). The van der Waals surface area contributed by atoms with Gasteiger partial charge in [-0.05, 0) is 18.1 Å². The van der Waals surface area contributed by atoms with E-state index in [1.807, 2.05) is 6.92 Å². The summed E-state index contributed by atoms with van der Waals surface area (Å²) >= 11 is 5.51. The Balaban J connectivity index is 3.08. The predicted molar refractivity (Wildman–Crippen MR) is 63.8 cm³/mol. The van der Waals surface area contributed by atoms with Crippen LogP contribution in [0.25, 0.3) is 0 Å². The van der Waals surface area contributed by atoms with Gasteiger partial charge < -0.3 is 10.8 Å². The van der Waals surface area contributed by atoms with Crippen LogP contribution in [0.4, 0.5) is 8.78 Å². The number of rotatable bonds is 4. The van der Waals surface area contributed by atoms with Crippen molar-refractivity contribution in [3.05, 3.63) is 34.4 Å². The number of halogens is 3. The van der Waals surface area contributed by atoms with Crippen molar-refractivity contribution in [2.75, 3.05) is 0 Å². The van der Waals surface area contributed by atoms with Gasteiger partial charge in [0.15, 0.2) is 0 Å². The van der Waals surface area contributed by atoms with Crippen LogP contribution in [0.1, 0.15) is 31.9 Å². The molecular formula is C12H16ClF2NO. The summed E-state index contributed by atoms with van der Waals surface area (Å²) in [5, 5.41) is 9.83. The molecule has 0 bridgehead atoms. The first-order chi connectivity index (χ1) is 7.88. The summed E-state index contributed by atoms with van der Waals surface area (Å²) in [6.07, 6.45) is -0.323. The van der Waals surface area contributed by atoms with Crippen molar-refractivity contribution in [3.63, 3.8) is 0 Å². The lowest BCUT2D eigenvalue weighted by Crippen LogP contribution is -2.33. The third-order valence-corrected chi connectivity index (χ3v) is 3.19. The molecule has 1 aromatic carbocycles. The van der Waals surface area contributed by atoms with Crippen LogP contribution in [0.2, 0.25) is 5.02 Å². The molecule has 0 aliphatic heterocycles. The third kappa shape index (κ3) is 3.15. The van der Waals surface area contributed by atoms with Crippen LogP contribution in [-0.4, -0.2) is 11.2 Å². The molecular weight excluding hydrogens is 248 g/mol. The summed E-state index contributed by atoms with van der Waals surface area (Å²) in [6, 6.07) is 0.883. The highest BCUT2D eigenvalue weighted by molar-refractivity contribution is 6.30. The summed E-state index contributed by atoms with van der Waals surface area (Å²) in [7, 11) is 0. The van der Waals surface area contributed by atoms with Crippen molar-refractivity contribution >= 4 is 11.6 Å². The minimum atomic E-state index is -1.10. The molecule has 2 nitrogen and oxygen atoms in total. The van der Waals surface area contributed by atoms with E-state index >= 15 is 0 Å². The van der Waals surface area contributed by atoms with Crippen molar-refractivity contribution in [2.24, 2.45) is 11.7 Å². The number of hydrogen-bond acceptors (Lipinski definition) is 2. The van der Waals surface area contributed by atoms with Crippen molar-refractivity contribution in [3.8, 4) is 0 Å². The largest absolute Gasteiger partial charge is 0.391 e. The fraction of sp³-hybridized carbons (Fsp3) is 0.500. The summed E-state index contributed by atoms with van der Waals surface area (Å²) in [5.74, 6) is -1.80. The zero-order valence-corrected chi connectivity index (χ0v) is 10.5. The van der Waals surface area contributed by atoms with Gasteiger partial charge in [-0.3, -0.25) is 0 Å². The number of benzene rings is 1. The molecule has 17 heavy (non-hydrogen) atoms. The second kappa shape index (κ2) is 5.76. The van der Waals surface area contributed by atoms with Crippen LogP contribution in [0.5, 0.6) is 0 Å². The molecule has 5 heteroatoms. The standard InChI is InChI=1S/C12H16ClF2NO/c1-3-6(2)12(17)11(16)10-8(14)4-7(13)5-9(10)15/h4-6,11-12,17H,3,16H2,1-2H3/t6?,11-,12+/m0/s1. The molecule has 1 aromatic rings. The molecule has 0 aliphatic rings. The molecule has 96 valence electrons. The number of aliphatic hydroxyl groups excluding tert-OH is 1. The van der Waals surface area contributed by atoms with E-state index in [4.69, 9.17) is 17.3 Å². The Hall–Kier alpha value is -0.710. The molecule has 3 N–H and O–H groups in total. The van der Waals surface area contributed by atoms with Gasteiger partial charge in [0, 0.05) is 10.6 Å². The Morgan fingerprint density at radius 2 is 1.82 bits per heavy atom. The second-order valence-corrected chi connectivity index (χ2v) is 4.62. The monoisotopic (exact) mass is 263 g/mol. The lowest BCUT2D eigenvalue weighted by molar-refractivity contribution is 0.0854. The first-order valence-corrected chi connectivity index (χ1v) is 5.84. The van der Waals surface area contributed by atoms with Gasteiger partial charge in [-0.25, -0.2) is 8.78 Å². The second-order valence-electron chi connectivity index (χ2n) is 4.19. The van der Waals surface area contributed by atoms with Gasteiger partial charge >= 0.3 is 0 Å². The van der Waals surface area contributed by atoms with Crippen LogP contribution in [0.3, 0.4) is 0 Å². The van der Waals surface area contributed by atoms with Gasteiger partial charge in [-0.1, -0.05) is 31.9 Å². The summed E-state index contributed by atoms with van der Waals surface area (Å²) in [4.78, 5) is 0. The SMILES string of the molecule is CCC(C)[C@@H](O)[C@@H](N)c1c(F)cc(Cl)cc1F. The smallest absolute Gasteiger partial charge is 0.132 e. The van der Waals surface area contributed by atoms with E-state index in [2.05, 4.69) is 0 Å². The fourth-order valence-electron chi connectivity index (χ4n) is 1.64. The Morgan fingerprint density at radius 1 is 1.35 bits per heavy atom. The molecule has 0 aliphatic carbocycles. The maximum absolute atomic E-state index is 13.6. The molecule has 0 saturated heterocycles. The van der Waals surface area contributed by atoms with Gasteiger partial charge in [0.25, 0.3) is 0 Å². The lowest BCUT2D eigenvalue weighted by Gasteiger charge is -2.24. The summed E-state index contributed by atoms with van der Waals surface area (Å²) in [5.41, 5.74) is 5.38. The van der Waals surface area contributed by atoms with Gasteiger partial charge in [-0.15, -0.1) is 0 Å². The first kappa shape index (κ1) is 14.4. The molecule has 0 heterocycles. The maximum Gasteiger partial charge on any atom is 0.132 e. The normalized spacial score (nSPS) is 16.6. The van der Waals surface area contributed by atoms with E-state index in [0.717, 1.165) is 12.1 Å². The zero-order chi connectivity index (χ0) is 13.2. The average molecular weight is 264 g/mol. The van der Waals surface area contributed by atoms with E-state index in [9.17, 15) is 13.9 Å². The number of aliphatic hydroxyl groups is 1. The van der Waals surface area contributed by atoms with Crippen molar-refractivity contribution < 1.29 is 13.9 Å². The van der Waals surface area contributed by atoms with Crippen LogP contribution in [0.15, 0.2) is 12.1 Å². The van der Waals surface area contributed by atoms with Crippen molar-refractivity contribution in [1.82, 2.24) is 0 Å². The topological polar surface area (TPSA) is 46.2 Å². The zero-order valence-electron chi connectivity index (χ0n) is 9.75. The van der Waals surface area contributed by atoms with Crippen LogP contribution in [-0.2, 0) is 0 Å². The highest BCUT2D eigenvalue weighted by atomic mass is 35.5. The van der Waals surface area contributed by atoms with Gasteiger partial charge in [-0.2, -0.15) is 0 Å². The Morgan fingerprint density at radius 3 is 2.24 bits per heavy atom. The van der Waals surface area contributed by atoms with E-state index in [-0.39, 0.29) is 16.5 Å². The van der Waals surface area contributed by atoms with Crippen LogP contribution < -0.4 is 5.73 Å². The molecule has 0 fully saturated rings. The van der Waals surface area contributed by atoms with Crippen molar-refractivity contribution in [1.29, 1.82) is 0 Å². The minimum absolute atomic E-state index is 0.0334. The summed E-state index contributed by atoms with van der Waals surface area (Å²) < 4.78 is 27.1. The molecule has 0 saturated carbocycles. The maximum atomic E-state index is 13.6. The average Bonchev–Trinajstić information content (AvgIpc) is 2.25. The molecule has 0 aromatic heterocycles. The van der Waals surface area contributed by atoms with E-state index in [1.54, 1.807) is 6.92 Å². The van der Waals surface area contributed by atoms with Gasteiger partial charge in [0.1, 0.15) is 11.6 Å². The van der Waals surface area contributed by atoms with E-state index < -0.39 is 23.8 Å². The lowest BCUT2D eigenvalue weighted by atomic mass is 9.91. The quantitative estimate of drug-likeness (QED) is 0.877. The van der Waals surface area contributed by atoms with Crippen LogP contribution >= 0.6 is 11.6 Å². The first-order valence-electron chi connectivity index (χ1n) is 5.46. The van der Waals surface area contributed by atoms with E-state index in [1.165, 1.54) is 0 Å². The Kier molecular flexibility index (Phi) is 4.86. The Bertz CT molecular complexity index is 377. The minimum Gasteiger partial charge on any atom is -0.391 e. The highest BCUT2D eigenvalue weighted by Gasteiger charge is 2.27. The third-order valence-electron chi connectivity index (χ3n) is 2.97. The Labute approximate surface area is 104 Å². The number of hydrogen-bond donors (Lipinski definition) is 2. The summed E-state index contributed by atoms with van der Waals surface area (Å²) in [6.45, 7) is 3.64. The fourth-order valence-corrected chi connectivity index (χ4v) is 1.83. The van der Waals surface area contributed by atoms with E-state index in [0.29, 0.717) is 6.42 Å². The van der Waals surface area contributed by atoms with Crippen LogP contribution in [0, 0.1) is 17.6 Å². The molecule has 3 atom stereocenters. The molecule has 1 unspecified atom stereocenters. The molecule has 0 radical (unpaired) electrons. The predicted octanol–water partition coefficient (Wildman–Crippen LogP) is 3.03. The molecule has 0 amide bonds. The number of nitrogens with two attached hydrogens (primary N) is 1. The van der Waals surface area contributed by atoms with Gasteiger partial charge in [0.2, 0.25) is 0 Å². The van der Waals surface area contributed by atoms with Gasteiger partial charge in [0.05, 0.1) is 12.1 Å². The van der Waals surface area contributed by atoms with Crippen molar-refractivity contribution in [2.45, 2.75) is 32.4 Å². The highest BCUT2D eigenvalue weighted by Crippen LogP contribution is 2.28.